The van der Waals surface area contributed by atoms with Gasteiger partial charge in [0.25, 0.3) is 0 Å². The number of benzene rings is 1. The molecule has 0 bridgehead atoms. The van der Waals surface area contributed by atoms with Gasteiger partial charge in [0.15, 0.2) is 0 Å². The maximum absolute atomic E-state index is 10.8. The molecule has 1 aromatic carbocycles. The van der Waals surface area contributed by atoms with E-state index in [4.69, 9.17) is 9.47 Å². The Kier molecular flexibility index (Phi) is 5.19. The van der Waals surface area contributed by atoms with E-state index in [-0.39, 0.29) is 5.97 Å². The van der Waals surface area contributed by atoms with Crippen LogP contribution in [0.1, 0.15) is 12.8 Å². The van der Waals surface area contributed by atoms with Crippen molar-refractivity contribution in [3.8, 4) is 11.5 Å². The van der Waals surface area contributed by atoms with Crippen LogP contribution in [0.2, 0.25) is 0 Å². The standard InChI is InChI=1S/C12H16O4/c1-14-10-5-7-11(8-6-10)16-9-3-4-12(13)15-2/h5-8H,3-4,9H2,1-2H3. The van der Waals surface area contributed by atoms with Gasteiger partial charge >= 0.3 is 5.97 Å². The summed E-state index contributed by atoms with van der Waals surface area (Å²) >= 11 is 0. The minimum atomic E-state index is -0.210. The fraction of sp³-hybridized carbons (Fsp3) is 0.417. The summed E-state index contributed by atoms with van der Waals surface area (Å²) < 4.78 is 15.0. The Bertz CT molecular complexity index is 318. The molecule has 88 valence electrons. The minimum Gasteiger partial charge on any atom is -0.497 e. The van der Waals surface area contributed by atoms with Crippen LogP contribution in [0.4, 0.5) is 0 Å². The molecule has 0 aliphatic carbocycles. The Morgan fingerprint density at radius 1 is 1.12 bits per heavy atom. The van der Waals surface area contributed by atoms with Gasteiger partial charge in [0.05, 0.1) is 20.8 Å². The van der Waals surface area contributed by atoms with Crippen LogP contribution in [0.25, 0.3) is 0 Å². The summed E-state index contributed by atoms with van der Waals surface area (Å²) in [5.74, 6) is 1.35. The largest absolute Gasteiger partial charge is 0.497 e. The summed E-state index contributed by atoms with van der Waals surface area (Å²) in [5.41, 5.74) is 0. The van der Waals surface area contributed by atoms with Crippen LogP contribution in [0.5, 0.6) is 11.5 Å². The average Bonchev–Trinajstić information content (AvgIpc) is 2.35. The van der Waals surface area contributed by atoms with Gasteiger partial charge in [-0.3, -0.25) is 4.79 Å². The quantitative estimate of drug-likeness (QED) is 0.548. The lowest BCUT2D eigenvalue weighted by Gasteiger charge is -2.06. The van der Waals surface area contributed by atoms with Crippen LogP contribution >= 0.6 is 0 Å². The summed E-state index contributed by atoms with van der Waals surface area (Å²) in [4.78, 5) is 10.8. The average molecular weight is 224 g/mol. The molecule has 0 aromatic heterocycles. The van der Waals surface area contributed by atoms with Crippen molar-refractivity contribution in [3.63, 3.8) is 0 Å². The van der Waals surface area contributed by atoms with Crippen LogP contribution in [-0.4, -0.2) is 26.8 Å². The number of methoxy groups -OCH3 is 2. The van der Waals surface area contributed by atoms with Crippen LogP contribution in [0, 0.1) is 0 Å². The van der Waals surface area contributed by atoms with Gasteiger partial charge in [0, 0.05) is 6.42 Å². The first-order valence-corrected chi connectivity index (χ1v) is 5.10. The van der Waals surface area contributed by atoms with E-state index in [2.05, 4.69) is 4.74 Å². The Morgan fingerprint density at radius 2 is 1.75 bits per heavy atom. The lowest BCUT2D eigenvalue weighted by molar-refractivity contribution is -0.140. The first-order chi connectivity index (χ1) is 7.76. The molecule has 1 aromatic rings. The van der Waals surface area contributed by atoms with Crippen molar-refractivity contribution in [1.82, 2.24) is 0 Å². The van der Waals surface area contributed by atoms with E-state index < -0.39 is 0 Å². The van der Waals surface area contributed by atoms with E-state index in [0.29, 0.717) is 19.4 Å². The first-order valence-electron chi connectivity index (χ1n) is 5.10. The highest BCUT2D eigenvalue weighted by Crippen LogP contribution is 2.17. The number of hydrogen-bond donors (Lipinski definition) is 0. The minimum absolute atomic E-state index is 0.210. The molecule has 0 unspecified atom stereocenters. The predicted octanol–water partition coefficient (Wildman–Crippen LogP) is 2.03. The third-order valence-electron chi connectivity index (χ3n) is 2.08. The number of ether oxygens (including phenoxy) is 3. The van der Waals surface area contributed by atoms with Gasteiger partial charge < -0.3 is 14.2 Å². The molecule has 0 aliphatic rings. The van der Waals surface area contributed by atoms with Gasteiger partial charge in [-0.1, -0.05) is 0 Å². The fourth-order valence-electron chi connectivity index (χ4n) is 1.18. The Hall–Kier alpha value is -1.71. The zero-order valence-electron chi connectivity index (χ0n) is 9.56. The highest BCUT2D eigenvalue weighted by Gasteiger charge is 2.00. The molecule has 0 atom stereocenters. The number of carbonyl (C=O) groups is 1. The van der Waals surface area contributed by atoms with Crippen molar-refractivity contribution >= 4 is 5.97 Å². The van der Waals surface area contributed by atoms with E-state index in [1.807, 2.05) is 24.3 Å². The second-order valence-corrected chi connectivity index (χ2v) is 3.20. The lowest BCUT2D eigenvalue weighted by Crippen LogP contribution is -2.04. The molecule has 0 saturated heterocycles. The number of carbonyl (C=O) groups excluding carboxylic acids is 1. The van der Waals surface area contributed by atoms with Gasteiger partial charge in [-0.2, -0.15) is 0 Å². The molecular formula is C12H16O4. The first kappa shape index (κ1) is 12.4. The van der Waals surface area contributed by atoms with Crippen molar-refractivity contribution < 1.29 is 19.0 Å². The predicted molar refractivity (Wildman–Crippen MR) is 59.7 cm³/mol. The highest BCUT2D eigenvalue weighted by atomic mass is 16.5. The van der Waals surface area contributed by atoms with Crippen molar-refractivity contribution in [1.29, 1.82) is 0 Å². The zero-order chi connectivity index (χ0) is 11.8. The van der Waals surface area contributed by atoms with Crippen LogP contribution < -0.4 is 9.47 Å². The smallest absolute Gasteiger partial charge is 0.305 e. The molecule has 0 aliphatic heterocycles. The summed E-state index contributed by atoms with van der Waals surface area (Å²) in [6.45, 7) is 0.501. The summed E-state index contributed by atoms with van der Waals surface area (Å²) in [6, 6.07) is 7.32. The van der Waals surface area contributed by atoms with E-state index >= 15 is 0 Å². The summed E-state index contributed by atoms with van der Waals surface area (Å²) in [7, 11) is 3.00. The molecule has 4 heteroatoms. The third-order valence-corrected chi connectivity index (χ3v) is 2.08. The molecule has 0 fully saturated rings. The maximum Gasteiger partial charge on any atom is 0.305 e. The van der Waals surface area contributed by atoms with Gasteiger partial charge in [-0.25, -0.2) is 0 Å². The Morgan fingerprint density at radius 3 is 2.31 bits per heavy atom. The number of hydrogen-bond acceptors (Lipinski definition) is 4. The Labute approximate surface area is 95.1 Å². The fourth-order valence-corrected chi connectivity index (χ4v) is 1.18. The third kappa shape index (κ3) is 4.21. The normalized spacial score (nSPS) is 9.62. The SMILES string of the molecule is COC(=O)CCCOc1ccc(OC)cc1. The van der Waals surface area contributed by atoms with E-state index in [1.165, 1.54) is 7.11 Å². The molecule has 16 heavy (non-hydrogen) atoms. The molecule has 0 amide bonds. The van der Waals surface area contributed by atoms with Gasteiger partial charge in [0.1, 0.15) is 11.5 Å². The maximum atomic E-state index is 10.8. The van der Waals surface area contributed by atoms with Crippen molar-refractivity contribution in [3.05, 3.63) is 24.3 Å². The molecule has 0 saturated carbocycles. The van der Waals surface area contributed by atoms with E-state index in [9.17, 15) is 4.79 Å². The van der Waals surface area contributed by atoms with Crippen LogP contribution in [0.3, 0.4) is 0 Å². The molecule has 0 heterocycles. The second-order valence-electron chi connectivity index (χ2n) is 3.20. The van der Waals surface area contributed by atoms with Gasteiger partial charge in [-0.05, 0) is 30.7 Å². The molecule has 0 spiro atoms. The van der Waals surface area contributed by atoms with Gasteiger partial charge in [-0.15, -0.1) is 0 Å². The Balaban J connectivity index is 2.24. The van der Waals surface area contributed by atoms with E-state index in [1.54, 1.807) is 7.11 Å². The number of rotatable bonds is 6. The van der Waals surface area contributed by atoms with E-state index in [0.717, 1.165) is 11.5 Å². The van der Waals surface area contributed by atoms with Gasteiger partial charge in [0.2, 0.25) is 0 Å². The van der Waals surface area contributed by atoms with Crippen LogP contribution in [0.15, 0.2) is 24.3 Å². The molecule has 0 N–H and O–H groups in total. The molecular weight excluding hydrogens is 208 g/mol. The van der Waals surface area contributed by atoms with Crippen molar-refractivity contribution in [2.24, 2.45) is 0 Å². The monoisotopic (exact) mass is 224 g/mol. The molecule has 0 radical (unpaired) electrons. The lowest BCUT2D eigenvalue weighted by atomic mass is 10.3. The molecule has 1 rings (SSSR count). The zero-order valence-corrected chi connectivity index (χ0v) is 9.56. The van der Waals surface area contributed by atoms with Crippen LogP contribution in [-0.2, 0) is 9.53 Å². The van der Waals surface area contributed by atoms with Crippen molar-refractivity contribution in [2.75, 3.05) is 20.8 Å². The topological polar surface area (TPSA) is 44.8 Å². The van der Waals surface area contributed by atoms with Crippen molar-refractivity contribution in [2.45, 2.75) is 12.8 Å². The molecule has 4 nitrogen and oxygen atoms in total. The highest BCUT2D eigenvalue weighted by molar-refractivity contribution is 5.69. The summed E-state index contributed by atoms with van der Waals surface area (Å²) in [6.07, 6.45) is 1.03. The second kappa shape index (κ2) is 6.71. The number of esters is 1. The summed E-state index contributed by atoms with van der Waals surface area (Å²) in [5, 5.41) is 0.